The highest BCUT2D eigenvalue weighted by Gasteiger charge is 2.33. The highest BCUT2D eigenvalue weighted by molar-refractivity contribution is 6.30. The van der Waals surface area contributed by atoms with Crippen LogP contribution in [0.15, 0.2) is 48.7 Å². The second kappa shape index (κ2) is 10.9. The van der Waals surface area contributed by atoms with Crippen LogP contribution in [-0.4, -0.2) is 15.6 Å². The van der Waals surface area contributed by atoms with Crippen LogP contribution in [0.1, 0.15) is 85.9 Å². The van der Waals surface area contributed by atoms with Crippen molar-refractivity contribution in [3.05, 3.63) is 81.6 Å². The van der Waals surface area contributed by atoms with Crippen molar-refractivity contribution < 1.29 is 23.1 Å². The van der Waals surface area contributed by atoms with Crippen molar-refractivity contribution in [1.29, 1.82) is 0 Å². The van der Waals surface area contributed by atoms with Crippen molar-refractivity contribution in [2.45, 2.75) is 77.4 Å². The van der Waals surface area contributed by atoms with Crippen molar-refractivity contribution in [1.82, 2.24) is 4.57 Å². The zero-order valence-electron chi connectivity index (χ0n) is 21.4. The van der Waals surface area contributed by atoms with E-state index in [0.717, 1.165) is 77.7 Å². The molecular weight excluding hydrogens is 499 g/mol. The molecule has 4 rings (SSSR count). The van der Waals surface area contributed by atoms with Crippen LogP contribution in [0, 0.1) is 12.8 Å². The lowest BCUT2D eigenvalue weighted by molar-refractivity contribution is -0.138. The zero-order valence-corrected chi connectivity index (χ0v) is 22.2. The van der Waals surface area contributed by atoms with Gasteiger partial charge >= 0.3 is 12.1 Å². The van der Waals surface area contributed by atoms with Crippen molar-refractivity contribution in [2.24, 2.45) is 5.92 Å². The lowest BCUT2D eigenvalue weighted by Crippen LogP contribution is -2.21. The molecule has 0 amide bonds. The van der Waals surface area contributed by atoms with Gasteiger partial charge in [-0.3, -0.25) is 4.79 Å². The molecule has 1 N–H and O–H groups in total. The molecule has 1 aliphatic rings. The Labute approximate surface area is 221 Å². The van der Waals surface area contributed by atoms with Crippen molar-refractivity contribution in [2.75, 3.05) is 0 Å². The Bertz CT molecular complexity index is 1260. The van der Waals surface area contributed by atoms with Gasteiger partial charge in [-0.15, -0.1) is 0 Å². The number of alkyl halides is 3. The molecule has 1 aliphatic carbocycles. The van der Waals surface area contributed by atoms with E-state index in [1.54, 1.807) is 12.1 Å². The van der Waals surface area contributed by atoms with E-state index in [2.05, 4.69) is 24.6 Å². The van der Waals surface area contributed by atoms with Crippen LogP contribution in [-0.2, 0) is 17.4 Å². The molecule has 2 atom stereocenters. The monoisotopic (exact) mass is 531 g/mol. The van der Waals surface area contributed by atoms with Gasteiger partial charge in [0.05, 0.1) is 18.0 Å². The number of hydrogen-bond donors (Lipinski definition) is 1. The molecule has 1 aromatic heterocycles. The Morgan fingerprint density at radius 1 is 1.11 bits per heavy atom. The summed E-state index contributed by atoms with van der Waals surface area (Å²) in [5.41, 5.74) is 5.41. The molecule has 0 saturated heterocycles. The molecular formula is C30H33ClF3NO2. The highest BCUT2D eigenvalue weighted by Crippen LogP contribution is 2.45. The van der Waals surface area contributed by atoms with E-state index < -0.39 is 17.7 Å². The number of hydrogen-bond acceptors (Lipinski definition) is 1. The summed E-state index contributed by atoms with van der Waals surface area (Å²) in [6.45, 7) is 6.27. The maximum Gasteiger partial charge on any atom is 0.416 e. The maximum absolute atomic E-state index is 13.3. The Morgan fingerprint density at radius 3 is 2.41 bits per heavy atom. The molecule has 0 spiro atoms. The summed E-state index contributed by atoms with van der Waals surface area (Å²) in [6, 6.07) is 11.0. The SMILES string of the molecule is Cc1cc(Cl)ccc1-c1cn([C@@H](CCC(C)C)c2ccc(C(F)(F)F)cc2)c2c1CCC[C@H]2CC(=O)O. The van der Waals surface area contributed by atoms with Crippen LogP contribution in [0.3, 0.4) is 0 Å². The number of halogens is 4. The summed E-state index contributed by atoms with van der Waals surface area (Å²) in [6.07, 6.45) is 1.85. The Morgan fingerprint density at radius 2 is 1.81 bits per heavy atom. The highest BCUT2D eigenvalue weighted by atomic mass is 35.5. The standard InChI is InChI=1S/C30H33ClF3NO2/c1-18(2)7-14-27(20-8-10-22(11-9-20)30(32,33)34)35-17-26(24-13-12-23(31)15-19(24)3)25-6-4-5-21(29(25)35)16-28(36)37/h8-13,15,17-18,21,27H,4-7,14,16H2,1-3H3,(H,36,37)/t21-,27-/m0/s1. The molecule has 3 nitrogen and oxygen atoms in total. The van der Waals surface area contributed by atoms with Gasteiger partial charge in [-0.2, -0.15) is 13.2 Å². The molecule has 37 heavy (non-hydrogen) atoms. The number of aromatic nitrogens is 1. The topological polar surface area (TPSA) is 42.2 Å². The fourth-order valence-electron chi connectivity index (χ4n) is 5.64. The quantitative estimate of drug-likeness (QED) is 0.315. The minimum Gasteiger partial charge on any atom is -0.481 e. The van der Waals surface area contributed by atoms with Crippen LogP contribution in [0.2, 0.25) is 5.02 Å². The van der Waals surface area contributed by atoms with E-state index >= 15 is 0 Å². The third-order valence-electron chi connectivity index (χ3n) is 7.42. The minimum atomic E-state index is -4.40. The number of carboxylic acids is 1. The molecule has 7 heteroatoms. The van der Waals surface area contributed by atoms with Crippen LogP contribution in [0.5, 0.6) is 0 Å². The number of fused-ring (bicyclic) bond motifs is 1. The smallest absolute Gasteiger partial charge is 0.416 e. The first-order valence-corrected chi connectivity index (χ1v) is 13.2. The zero-order chi connectivity index (χ0) is 26.9. The van der Waals surface area contributed by atoms with E-state index in [-0.39, 0.29) is 18.4 Å². The molecule has 0 aliphatic heterocycles. The van der Waals surface area contributed by atoms with Crippen molar-refractivity contribution in [3.63, 3.8) is 0 Å². The molecule has 0 unspecified atom stereocenters. The van der Waals surface area contributed by atoms with Gasteiger partial charge in [0, 0.05) is 28.4 Å². The number of rotatable bonds is 8. The third kappa shape index (κ3) is 6.06. The molecule has 0 bridgehead atoms. The Kier molecular flexibility index (Phi) is 8.08. The molecule has 0 saturated carbocycles. The molecule has 0 radical (unpaired) electrons. The van der Waals surface area contributed by atoms with Crippen molar-refractivity contribution in [3.8, 4) is 11.1 Å². The van der Waals surface area contributed by atoms with E-state index in [4.69, 9.17) is 11.6 Å². The molecule has 1 heterocycles. The van der Waals surface area contributed by atoms with Gasteiger partial charge in [0.1, 0.15) is 0 Å². The van der Waals surface area contributed by atoms with Gasteiger partial charge in [0.25, 0.3) is 0 Å². The third-order valence-corrected chi connectivity index (χ3v) is 7.66. The van der Waals surface area contributed by atoms with Gasteiger partial charge in [0.2, 0.25) is 0 Å². The molecule has 3 aromatic rings. The summed E-state index contributed by atoms with van der Waals surface area (Å²) >= 11 is 6.23. The largest absolute Gasteiger partial charge is 0.481 e. The second-order valence-electron chi connectivity index (χ2n) is 10.6. The van der Waals surface area contributed by atoms with Crippen LogP contribution < -0.4 is 0 Å². The lowest BCUT2D eigenvalue weighted by atomic mass is 9.82. The normalized spacial score (nSPS) is 16.6. The van der Waals surface area contributed by atoms with Crippen LogP contribution >= 0.6 is 11.6 Å². The first-order valence-electron chi connectivity index (χ1n) is 12.8. The van der Waals surface area contributed by atoms with E-state index in [1.165, 1.54) is 0 Å². The average Bonchev–Trinajstić information content (AvgIpc) is 3.19. The lowest BCUT2D eigenvalue weighted by Gasteiger charge is -2.29. The number of benzene rings is 2. The molecule has 0 fully saturated rings. The summed E-state index contributed by atoms with van der Waals surface area (Å²) < 4.78 is 42.0. The predicted molar refractivity (Wildman–Crippen MR) is 141 cm³/mol. The molecule has 198 valence electrons. The first kappa shape index (κ1) is 27.3. The maximum atomic E-state index is 13.3. The van der Waals surface area contributed by atoms with Gasteiger partial charge in [-0.1, -0.05) is 43.6 Å². The van der Waals surface area contributed by atoms with Gasteiger partial charge in [0.15, 0.2) is 0 Å². The van der Waals surface area contributed by atoms with Crippen LogP contribution in [0.4, 0.5) is 13.2 Å². The van der Waals surface area contributed by atoms with Gasteiger partial charge < -0.3 is 9.67 Å². The molecule has 2 aromatic carbocycles. The Balaban J connectivity index is 1.91. The summed E-state index contributed by atoms with van der Waals surface area (Å²) in [7, 11) is 0. The summed E-state index contributed by atoms with van der Waals surface area (Å²) in [4.78, 5) is 11.8. The fraction of sp³-hybridized carbons (Fsp3) is 0.433. The van der Waals surface area contributed by atoms with E-state index in [1.807, 2.05) is 25.1 Å². The van der Waals surface area contributed by atoms with Gasteiger partial charge in [-0.25, -0.2) is 0 Å². The van der Waals surface area contributed by atoms with Gasteiger partial charge in [-0.05, 0) is 91.5 Å². The predicted octanol–water partition coefficient (Wildman–Crippen LogP) is 9.06. The number of aryl methyl sites for hydroxylation is 1. The fourth-order valence-corrected chi connectivity index (χ4v) is 5.87. The minimum absolute atomic E-state index is 0.0277. The number of nitrogens with zero attached hydrogens (tertiary/aromatic N) is 1. The number of carbonyl (C=O) groups is 1. The number of aliphatic carboxylic acids is 1. The summed E-state index contributed by atoms with van der Waals surface area (Å²) in [5, 5.41) is 10.3. The van der Waals surface area contributed by atoms with Crippen molar-refractivity contribution >= 4 is 17.6 Å². The van der Waals surface area contributed by atoms with E-state index in [9.17, 15) is 23.1 Å². The first-order chi connectivity index (χ1) is 17.5. The number of carboxylic acid groups (broad SMARTS) is 1. The van der Waals surface area contributed by atoms with Crippen LogP contribution in [0.25, 0.3) is 11.1 Å². The van der Waals surface area contributed by atoms with E-state index in [0.29, 0.717) is 10.9 Å². The summed E-state index contributed by atoms with van der Waals surface area (Å²) in [5.74, 6) is -0.585. The second-order valence-corrected chi connectivity index (χ2v) is 11.0. The Hall–Kier alpha value is -2.73. The average molecular weight is 532 g/mol.